The second kappa shape index (κ2) is 14.2. The second-order valence-corrected chi connectivity index (χ2v) is 16.4. The molecule has 5 rings (SSSR count). The number of rotatable bonds is 9. The minimum atomic E-state index is -3.26. The molecule has 0 radical (unpaired) electrons. The molecule has 246 valence electrons. The number of fused-ring (bicyclic) bond motifs is 2. The highest BCUT2D eigenvalue weighted by Gasteiger charge is 2.43. The van der Waals surface area contributed by atoms with Crippen molar-refractivity contribution < 1.29 is 27.9 Å². The van der Waals surface area contributed by atoms with E-state index in [4.69, 9.17) is 16.3 Å². The zero-order valence-corrected chi connectivity index (χ0v) is 27.5. The van der Waals surface area contributed by atoms with E-state index in [1.165, 1.54) is 0 Å². The van der Waals surface area contributed by atoms with Gasteiger partial charge in [-0.15, -0.1) is 0 Å². The first-order valence-corrected chi connectivity index (χ1v) is 18.3. The van der Waals surface area contributed by atoms with E-state index in [2.05, 4.69) is 16.0 Å². The summed E-state index contributed by atoms with van der Waals surface area (Å²) in [5, 5.41) is 19.9. The minimum absolute atomic E-state index is 0.0166. The van der Waals surface area contributed by atoms with E-state index in [0.717, 1.165) is 50.5 Å². The number of amides is 2. The van der Waals surface area contributed by atoms with Gasteiger partial charge in [-0.3, -0.25) is 4.79 Å². The van der Waals surface area contributed by atoms with Crippen LogP contribution >= 0.6 is 11.6 Å². The standard InChI is InChI=1S/C32H49ClN4O6S/c1-32(2)18-23(15-16-43-32)28(22-9-12-24(33)13-10-22)29(36-31(39)40)30(38)35-27-8-4-3-6-21(27)11-14-26-19-34-25-7-5-17-44(41,42)37(26)20-25/h9-10,12-13,21,23,25-29,34,36H,3-8,11,14-20H2,1-2H3,(H,35,38)(H,39,40)/t21-,23-,25-,26+,27+,28?,29?/m1/s1. The number of nitrogens with one attached hydrogen (secondary N) is 3. The third kappa shape index (κ3) is 8.26. The molecule has 2 amide bonds. The number of carboxylic acid groups (broad SMARTS) is 1. The Bertz CT molecular complexity index is 1260. The Hall–Kier alpha value is -1.92. The van der Waals surface area contributed by atoms with Crippen molar-refractivity contribution in [3.05, 3.63) is 34.9 Å². The van der Waals surface area contributed by atoms with Crippen molar-refractivity contribution in [2.75, 3.05) is 25.4 Å². The van der Waals surface area contributed by atoms with E-state index in [-0.39, 0.29) is 47.2 Å². The normalized spacial score (nSPS) is 32.9. The summed E-state index contributed by atoms with van der Waals surface area (Å²) in [7, 11) is -3.26. The van der Waals surface area contributed by atoms with Crippen LogP contribution in [0.4, 0.5) is 4.79 Å². The van der Waals surface area contributed by atoms with E-state index >= 15 is 0 Å². The molecule has 2 bridgehead atoms. The Morgan fingerprint density at radius 2 is 1.86 bits per heavy atom. The van der Waals surface area contributed by atoms with Gasteiger partial charge in [-0.05, 0) is 94.7 Å². The average molecular weight is 653 g/mol. The van der Waals surface area contributed by atoms with Crippen LogP contribution in [0.25, 0.3) is 0 Å². The van der Waals surface area contributed by atoms with Gasteiger partial charge in [0.1, 0.15) is 6.04 Å². The number of carbonyl (C=O) groups is 2. The predicted molar refractivity (Wildman–Crippen MR) is 170 cm³/mol. The molecule has 3 aliphatic heterocycles. The van der Waals surface area contributed by atoms with Crippen LogP contribution in [0.2, 0.25) is 5.02 Å². The van der Waals surface area contributed by atoms with Crippen molar-refractivity contribution >= 4 is 33.6 Å². The molecule has 1 aromatic rings. The molecule has 1 aromatic carbocycles. The van der Waals surface area contributed by atoms with Crippen LogP contribution in [-0.4, -0.2) is 85.0 Å². The van der Waals surface area contributed by atoms with Gasteiger partial charge < -0.3 is 25.8 Å². The zero-order valence-electron chi connectivity index (χ0n) is 26.0. The number of halogens is 1. The van der Waals surface area contributed by atoms with Gasteiger partial charge in [0.15, 0.2) is 0 Å². The second-order valence-electron chi connectivity index (χ2n) is 13.9. The highest BCUT2D eigenvalue weighted by molar-refractivity contribution is 7.89. The molecule has 12 heteroatoms. The molecule has 8 atom stereocenters. The molecule has 4 N–H and O–H groups in total. The quantitative estimate of drug-likeness (QED) is 0.309. The number of carbonyl (C=O) groups excluding carboxylic acids is 1. The molecule has 0 aromatic heterocycles. The molecule has 10 nitrogen and oxygen atoms in total. The summed E-state index contributed by atoms with van der Waals surface area (Å²) in [5.74, 6) is -0.292. The van der Waals surface area contributed by atoms with Gasteiger partial charge in [-0.25, -0.2) is 13.2 Å². The molecule has 1 saturated carbocycles. The van der Waals surface area contributed by atoms with E-state index in [1.807, 2.05) is 26.0 Å². The lowest BCUT2D eigenvalue weighted by Gasteiger charge is -2.42. The maximum absolute atomic E-state index is 14.2. The van der Waals surface area contributed by atoms with Crippen molar-refractivity contribution in [1.82, 2.24) is 20.3 Å². The molecule has 4 fully saturated rings. The third-order valence-corrected chi connectivity index (χ3v) is 12.5. The Labute approximate surface area is 267 Å². The van der Waals surface area contributed by atoms with Crippen LogP contribution in [0, 0.1) is 11.8 Å². The largest absolute Gasteiger partial charge is 0.465 e. The Balaban J connectivity index is 1.33. The molecule has 3 saturated heterocycles. The summed E-state index contributed by atoms with van der Waals surface area (Å²) in [6, 6.07) is 6.40. The van der Waals surface area contributed by atoms with Gasteiger partial charge in [-0.2, -0.15) is 4.31 Å². The summed E-state index contributed by atoms with van der Waals surface area (Å²) in [4.78, 5) is 26.3. The van der Waals surface area contributed by atoms with Crippen molar-refractivity contribution in [1.29, 1.82) is 0 Å². The van der Waals surface area contributed by atoms with Crippen LogP contribution in [0.1, 0.15) is 89.5 Å². The Morgan fingerprint density at radius 3 is 2.59 bits per heavy atom. The van der Waals surface area contributed by atoms with Gasteiger partial charge in [0.05, 0.1) is 11.4 Å². The van der Waals surface area contributed by atoms with Crippen molar-refractivity contribution in [3.63, 3.8) is 0 Å². The number of piperazine rings is 1. The Kier molecular flexibility index (Phi) is 10.8. The zero-order chi connectivity index (χ0) is 31.5. The highest BCUT2D eigenvalue weighted by Crippen LogP contribution is 2.41. The lowest BCUT2D eigenvalue weighted by molar-refractivity contribution is -0.126. The lowest BCUT2D eigenvalue weighted by atomic mass is 9.72. The van der Waals surface area contributed by atoms with Crippen LogP contribution in [0.5, 0.6) is 0 Å². The third-order valence-electron chi connectivity index (χ3n) is 10.3. The lowest BCUT2D eigenvalue weighted by Crippen LogP contribution is -2.57. The number of nitrogens with zero attached hydrogens (tertiary/aromatic N) is 1. The summed E-state index contributed by atoms with van der Waals surface area (Å²) in [6.07, 6.45) is 7.09. The predicted octanol–water partition coefficient (Wildman–Crippen LogP) is 4.49. The van der Waals surface area contributed by atoms with Crippen LogP contribution in [-0.2, 0) is 19.6 Å². The van der Waals surface area contributed by atoms with Crippen LogP contribution in [0.3, 0.4) is 0 Å². The summed E-state index contributed by atoms with van der Waals surface area (Å²) >= 11 is 6.21. The van der Waals surface area contributed by atoms with Crippen LogP contribution in [0.15, 0.2) is 24.3 Å². The fraction of sp³-hybridized carbons (Fsp3) is 0.750. The molecule has 44 heavy (non-hydrogen) atoms. The van der Waals surface area contributed by atoms with E-state index < -0.39 is 28.1 Å². The first-order chi connectivity index (χ1) is 20.9. The maximum atomic E-state index is 14.2. The van der Waals surface area contributed by atoms with Gasteiger partial charge in [0.2, 0.25) is 15.9 Å². The van der Waals surface area contributed by atoms with Gasteiger partial charge >= 0.3 is 6.09 Å². The fourth-order valence-electron chi connectivity index (χ4n) is 8.13. The SMILES string of the molecule is CC1(C)C[C@H](C(c2ccc(Cl)cc2)C(NC(=O)O)C(=O)N[C@H]2CCCC[C@@H]2CC[C@H]2CN[C@@H]3CCCS(=O)(=O)N2C3)CCO1. The first kappa shape index (κ1) is 33.4. The highest BCUT2D eigenvalue weighted by atomic mass is 35.5. The van der Waals surface area contributed by atoms with E-state index in [1.54, 1.807) is 16.4 Å². The van der Waals surface area contributed by atoms with Crippen molar-refractivity contribution in [2.45, 2.75) is 114 Å². The number of benzene rings is 1. The topological polar surface area (TPSA) is 137 Å². The van der Waals surface area contributed by atoms with Gasteiger partial charge in [-0.1, -0.05) is 36.6 Å². The minimum Gasteiger partial charge on any atom is -0.465 e. The summed E-state index contributed by atoms with van der Waals surface area (Å²) < 4.78 is 33.7. The average Bonchev–Trinajstić information content (AvgIpc) is 3.08. The fourth-order valence-corrected chi connectivity index (χ4v) is 10.1. The van der Waals surface area contributed by atoms with E-state index in [0.29, 0.717) is 44.0 Å². The smallest absolute Gasteiger partial charge is 0.405 e. The van der Waals surface area contributed by atoms with Gasteiger partial charge in [0.25, 0.3) is 0 Å². The summed E-state index contributed by atoms with van der Waals surface area (Å²) in [6.45, 7) is 5.79. The molecule has 4 aliphatic rings. The number of hydrogen-bond donors (Lipinski definition) is 4. The Morgan fingerprint density at radius 1 is 1.11 bits per heavy atom. The van der Waals surface area contributed by atoms with Crippen LogP contribution < -0.4 is 16.0 Å². The monoisotopic (exact) mass is 652 g/mol. The molecular weight excluding hydrogens is 604 g/mol. The molecule has 3 unspecified atom stereocenters. The molecular formula is C32H49ClN4O6S. The van der Waals surface area contributed by atoms with Gasteiger partial charge in [0, 0.05) is 48.8 Å². The van der Waals surface area contributed by atoms with Crippen molar-refractivity contribution in [3.8, 4) is 0 Å². The maximum Gasteiger partial charge on any atom is 0.405 e. The molecule has 1 aliphatic carbocycles. The first-order valence-electron chi connectivity index (χ1n) is 16.3. The van der Waals surface area contributed by atoms with Crippen molar-refractivity contribution in [2.24, 2.45) is 11.8 Å². The number of hydrogen-bond acceptors (Lipinski definition) is 6. The molecule has 3 heterocycles. The number of sulfonamides is 1. The number of ether oxygens (including phenoxy) is 1. The van der Waals surface area contributed by atoms with E-state index in [9.17, 15) is 23.1 Å². The summed E-state index contributed by atoms with van der Waals surface area (Å²) in [5.41, 5.74) is 0.481. The molecule has 0 spiro atoms.